The maximum atomic E-state index is 12.9. The van der Waals surface area contributed by atoms with Gasteiger partial charge < -0.3 is 4.90 Å². The van der Waals surface area contributed by atoms with E-state index >= 15 is 0 Å². The number of aryl methyl sites for hydroxylation is 3. The first-order valence-corrected chi connectivity index (χ1v) is 8.99. The lowest BCUT2D eigenvalue weighted by Gasteiger charge is -2.32. The van der Waals surface area contributed by atoms with E-state index in [9.17, 15) is 9.59 Å². The van der Waals surface area contributed by atoms with Crippen LogP contribution in [0.2, 0.25) is 0 Å². The molecule has 2 aromatic heterocycles. The molecule has 1 amide bonds. The molecular formula is C17H22N4O2S. The van der Waals surface area contributed by atoms with Crippen molar-refractivity contribution in [2.75, 3.05) is 13.1 Å². The Hall–Kier alpha value is -2.02. The summed E-state index contributed by atoms with van der Waals surface area (Å²) in [5.41, 5.74) is 2.21. The number of carbonyl (C=O) groups excluding carboxylic acids is 1. The zero-order chi connectivity index (χ0) is 17.4. The Bertz CT molecular complexity index is 820. The minimum Gasteiger partial charge on any atom is -0.338 e. The molecule has 6 nitrogen and oxygen atoms in total. The van der Waals surface area contributed by atoms with E-state index in [1.165, 1.54) is 4.88 Å². The van der Waals surface area contributed by atoms with Crippen LogP contribution in [0, 0.1) is 27.7 Å². The van der Waals surface area contributed by atoms with Crippen LogP contribution in [0.3, 0.4) is 0 Å². The largest absolute Gasteiger partial charge is 0.338 e. The van der Waals surface area contributed by atoms with Gasteiger partial charge in [0, 0.05) is 23.9 Å². The van der Waals surface area contributed by atoms with Crippen LogP contribution in [0.25, 0.3) is 0 Å². The monoisotopic (exact) mass is 346 g/mol. The summed E-state index contributed by atoms with van der Waals surface area (Å²) in [7, 11) is 0. The lowest BCUT2D eigenvalue weighted by Crippen LogP contribution is -2.42. The molecule has 1 fully saturated rings. The van der Waals surface area contributed by atoms with Crippen molar-refractivity contribution in [1.82, 2.24) is 20.1 Å². The summed E-state index contributed by atoms with van der Waals surface area (Å²) in [6.45, 7) is 8.96. The van der Waals surface area contributed by atoms with E-state index in [0.717, 1.165) is 23.5 Å². The Balaban J connectivity index is 1.86. The minimum atomic E-state index is -0.411. The Labute approximate surface area is 144 Å². The molecule has 128 valence electrons. The number of nitrogens with one attached hydrogen (secondary N) is 1. The van der Waals surface area contributed by atoms with Crippen molar-refractivity contribution in [3.8, 4) is 0 Å². The highest BCUT2D eigenvalue weighted by molar-refractivity contribution is 7.11. The van der Waals surface area contributed by atoms with Crippen molar-refractivity contribution in [1.29, 1.82) is 0 Å². The Morgan fingerprint density at radius 1 is 1.25 bits per heavy atom. The molecule has 0 bridgehead atoms. The molecule has 0 aliphatic carbocycles. The molecule has 1 aliphatic heterocycles. The predicted octanol–water partition coefficient (Wildman–Crippen LogP) is 2.48. The first-order chi connectivity index (χ1) is 11.4. The van der Waals surface area contributed by atoms with Crippen LogP contribution in [0.4, 0.5) is 0 Å². The number of hydrogen-bond donors (Lipinski definition) is 1. The van der Waals surface area contributed by atoms with Crippen molar-refractivity contribution in [2.45, 2.75) is 46.5 Å². The molecule has 1 N–H and O–H groups in total. The van der Waals surface area contributed by atoms with Gasteiger partial charge in [-0.2, -0.15) is 5.10 Å². The Kier molecular flexibility index (Phi) is 4.54. The molecule has 0 aromatic carbocycles. The van der Waals surface area contributed by atoms with Gasteiger partial charge in [-0.15, -0.1) is 11.3 Å². The third kappa shape index (κ3) is 3.00. The maximum absolute atomic E-state index is 12.9. The zero-order valence-corrected chi connectivity index (χ0v) is 15.3. The van der Waals surface area contributed by atoms with Gasteiger partial charge in [-0.3, -0.25) is 9.59 Å². The normalized spacial score (nSPS) is 18.0. The highest BCUT2D eigenvalue weighted by Gasteiger charge is 2.29. The van der Waals surface area contributed by atoms with E-state index in [2.05, 4.69) is 22.1 Å². The van der Waals surface area contributed by atoms with Gasteiger partial charge in [0.05, 0.1) is 16.4 Å². The van der Waals surface area contributed by atoms with Gasteiger partial charge in [0.1, 0.15) is 5.56 Å². The number of carbonyl (C=O) groups is 1. The molecule has 3 heterocycles. The lowest BCUT2D eigenvalue weighted by atomic mass is 9.97. The van der Waals surface area contributed by atoms with Crippen LogP contribution in [0.5, 0.6) is 0 Å². The third-order valence-electron chi connectivity index (χ3n) is 4.79. The fourth-order valence-corrected chi connectivity index (χ4v) is 4.13. The van der Waals surface area contributed by atoms with Crippen LogP contribution in [-0.2, 0) is 0 Å². The highest BCUT2D eigenvalue weighted by atomic mass is 32.1. The summed E-state index contributed by atoms with van der Waals surface area (Å²) in [4.78, 5) is 32.7. The smallest absolute Gasteiger partial charge is 0.277 e. The summed E-state index contributed by atoms with van der Waals surface area (Å²) < 4.78 is 0. The average Bonchev–Trinajstić information content (AvgIpc) is 2.91. The number of hydrogen-bond acceptors (Lipinski definition) is 5. The van der Waals surface area contributed by atoms with E-state index in [1.54, 1.807) is 30.1 Å². The Morgan fingerprint density at radius 3 is 2.67 bits per heavy atom. The first-order valence-electron chi connectivity index (χ1n) is 8.17. The van der Waals surface area contributed by atoms with Crippen molar-refractivity contribution in [3.63, 3.8) is 0 Å². The van der Waals surface area contributed by atoms with E-state index < -0.39 is 5.56 Å². The minimum absolute atomic E-state index is 0.200. The third-order valence-corrected chi connectivity index (χ3v) is 6.02. The number of aromatic amines is 1. The molecule has 1 saturated heterocycles. The van der Waals surface area contributed by atoms with Gasteiger partial charge in [-0.1, -0.05) is 0 Å². The quantitative estimate of drug-likeness (QED) is 0.906. The first kappa shape index (κ1) is 16.8. The fraction of sp³-hybridized carbons (Fsp3) is 0.529. The zero-order valence-electron chi connectivity index (χ0n) is 14.5. The molecular weight excluding hydrogens is 324 g/mol. The molecule has 24 heavy (non-hydrogen) atoms. The van der Waals surface area contributed by atoms with Crippen LogP contribution in [-0.4, -0.2) is 39.1 Å². The standard InChI is InChI=1S/C17H22N4O2S/c1-9-10(2)19-20-15(22)14(9)17(23)21-7-5-6-13(8-21)16-18-11(3)12(4)24-16/h13H,5-8H2,1-4H3,(H,20,22). The van der Waals surface area contributed by atoms with E-state index in [1.807, 2.05) is 6.92 Å². The lowest BCUT2D eigenvalue weighted by molar-refractivity contribution is 0.0704. The van der Waals surface area contributed by atoms with E-state index in [4.69, 9.17) is 0 Å². The molecule has 0 saturated carbocycles. The second-order valence-electron chi connectivity index (χ2n) is 6.42. The van der Waals surface area contributed by atoms with Crippen LogP contribution in [0.1, 0.15) is 56.0 Å². The van der Waals surface area contributed by atoms with Gasteiger partial charge in [0.25, 0.3) is 11.5 Å². The van der Waals surface area contributed by atoms with Crippen molar-refractivity contribution in [3.05, 3.63) is 42.8 Å². The second kappa shape index (κ2) is 6.47. The molecule has 3 rings (SSSR count). The average molecular weight is 346 g/mol. The molecule has 1 atom stereocenters. The summed E-state index contributed by atoms with van der Waals surface area (Å²) in [5.74, 6) is 0.0522. The molecule has 7 heteroatoms. The SMILES string of the molecule is Cc1nc(C2CCCN(C(=O)c3c(C)c(C)n[nH]c3=O)C2)sc1C. The van der Waals surface area contributed by atoms with E-state index in [-0.39, 0.29) is 17.4 Å². The fourth-order valence-electron chi connectivity index (χ4n) is 3.08. The number of amides is 1. The van der Waals surface area contributed by atoms with Gasteiger partial charge in [-0.25, -0.2) is 10.1 Å². The van der Waals surface area contributed by atoms with Crippen LogP contribution < -0.4 is 5.56 Å². The van der Waals surface area contributed by atoms with Crippen molar-refractivity contribution >= 4 is 17.2 Å². The number of likely N-dealkylation sites (tertiary alicyclic amines) is 1. The van der Waals surface area contributed by atoms with Gasteiger partial charge in [-0.05, 0) is 46.1 Å². The van der Waals surface area contributed by atoms with Crippen molar-refractivity contribution < 1.29 is 4.79 Å². The number of H-pyrrole nitrogens is 1. The second-order valence-corrected chi connectivity index (χ2v) is 7.66. The maximum Gasteiger partial charge on any atom is 0.277 e. The molecule has 2 aromatic rings. The summed E-state index contributed by atoms with van der Waals surface area (Å²) in [6, 6.07) is 0. The van der Waals surface area contributed by atoms with Gasteiger partial charge >= 0.3 is 0 Å². The highest BCUT2D eigenvalue weighted by Crippen LogP contribution is 2.31. The van der Waals surface area contributed by atoms with Gasteiger partial charge in [0.15, 0.2) is 0 Å². The van der Waals surface area contributed by atoms with Crippen LogP contribution in [0.15, 0.2) is 4.79 Å². The topological polar surface area (TPSA) is 79.0 Å². The molecule has 1 aliphatic rings. The Morgan fingerprint density at radius 2 is 2.00 bits per heavy atom. The summed E-state index contributed by atoms with van der Waals surface area (Å²) in [6.07, 6.45) is 1.95. The van der Waals surface area contributed by atoms with Crippen molar-refractivity contribution in [2.24, 2.45) is 0 Å². The molecule has 1 unspecified atom stereocenters. The number of nitrogens with zero attached hydrogens (tertiary/aromatic N) is 3. The van der Waals surface area contributed by atoms with Gasteiger partial charge in [0.2, 0.25) is 0 Å². The summed E-state index contributed by atoms with van der Waals surface area (Å²) >= 11 is 1.71. The van der Waals surface area contributed by atoms with Crippen LogP contribution >= 0.6 is 11.3 Å². The summed E-state index contributed by atoms with van der Waals surface area (Å²) in [5, 5.41) is 7.44. The van der Waals surface area contributed by atoms with E-state index in [0.29, 0.717) is 24.3 Å². The number of aromatic nitrogens is 3. The number of piperidine rings is 1. The number of rotatable bonds is 2. The molecule has 0 radical (unpaired) electrons. The number of thiazole rings is 1. The molecule has 0 spiro atoms. The predicted molar refractivity (Wildman–Crippen MR) is 93.8 cm³/mol.